The number of rotatable bonds is 5. The summed E-state index contributed by atoms with van der Waals surface area (Å²) in [4.78, 5) is 10.1. The zero-order chi connectivity index (χ0) is 9.52. The summed E-state index contributed by atoms with van der Waals surface area (Å²) in [6.45, 7) is 3.56. The molecule has 2 heteroatoms. The van der Waals surface area contributed by atoms with Crippen LogP contribution in [-0.4, -0.2) is 6.47 Å². The third-order valence-electron chi connectivity index (χ3n) is 1.91. The van der Waals surface area contributed by atoms with E-state index in [1.807, 2.05) is 30.3 Å². The number of carbonyl (C=O) groups excluding carboxylic acids is 1. The molecule has 0 fully saturated rings. The quantitative estimate of drug-likeness (QED) is 0.691. The first kappa shape index (κ1) is 9.78. The van der Waals surface area contributed by atoms with Crippen LogP contribution in [-0.2, 0) is 9.53 Å². The van der Waals surface area contributed by atoms with Gasteiger partial charge in [-0.2, -0.15) is 0 Å². The van der Waals surface area contributed by atoms with Crippen LogP contribution in [0.4, 0.5) is 0 Å². The van der Waals surface area contributed by atoms with E-state index in [9.17, 15) is 4.79 Å². The second kappa shape index (κ2) is 5.36. The maximum atomic E-state index is 10.1. The van der Waals surface area contributed by atoms with Crippen molar-refractivity contribution in [3.8, 4) is 0 Å². The Kier molecular flexibility index (Phi) is 4.03. The average molecular weight is 177 g/mol. The maximum absolute atomic E-state index is 10.1. The molecule has 0 amide bonds. The molecule has 13 heavy (non-hydrogen) atoms. The molecular formula is C11H13O2. The number of hydrogen-bond acceptors (Lipinski definition) is 2. The number of benzene rings is 1. The van der Waals surface area contributed by atoms with Gasteiger partial charge in [-0.25, -0.2) is 4.79 Å². The molecule has 1 unspecified atom stereocenters. The van der Waals surface area contributed by atoms with E-state index in [0.29, 0.717) is 0 Å². The van der Waals surface area contributed by atoms with E-state index in [1.54, 1.807) is 0 Å². The Morgan fingerprint density at radius 3 is 2.62 bits per heavy atom. The van der Waals surface area contributed by atoms with Crippen LogP contribution in [0.3, 0.4) is 0 Å². The predicted molar refractivity (Wildman–Crippen MR) is 50.9 cm³/mol. The van der Waals surface area contributed by atoms with Crippen molar-refractivity contribution < 1.29 is 9.53 Å². The van der Waals surface area contributed by atoms with Crippen molar-refractivity contribution in [2.75, 3.05) is 0 Å². The minimum atomic E-state index is -0.135. The molecule has 0 saturated heterocycles. The van der Waals surface area contributed by atoms with Crippen LogP contribution in [0.5, 0.6) is 0 Å². The van der Waals surface area contributed by atoms with Crippen LogP contribution in [0.25, 0.3) is 0 Å². The molecule has 0 aliphatic rings. The van der Waals surface area contributed by atoms with Gasteiger partial charge in [-0.05, 0) is 12.0 Å². The molecule has 1 aromatic carbocycles. The highest BCUT2D eigenvalue weighted by Gasteiger charge is 2.10. The smallest absolute Gasteiger partial charge is 0.418 e. The Balaban J connectivity index is 2.69. The Morgan fingerprint density at radius 1 is 1.38 bits per heavy atom. The number of ether oxygens (including phenoxy) is 1. The third kappa shape index (κ3) is 2.90. The van der Waals surface area contributed by atoms with Crippen LogP contribution < -0.4 is 0 Å². The van der Waals surface area contributed by atoms with Gasteiger partial charge in [-0.15, -0.1) is 0 Å². The van der Waals surface area contributed by atoms with E-state index >= 15 is 0 Å². The van der Waals surface area contributed by atoms with Crippen molar-refractivity contribution in [3.05, 3.63) is 35.9 Å². The average Bonchev–Trinajstić information content (AvgIpc) is 2.19. The topological polar surface area (TPSA) is 26.3 Å². The summed E-state index contributed by atoms with van der Waals surface area (Å²) in [5.74, 6) is 0. The van der Waals surface area contributed by atoms with E-state index in [2.05, 4.69) is 6.92 Å². The monoisotopic (exact) mass is 177 g/mol. The molecule has 0 saturated carbocycles. The molecule has 0 N–H and O–H groups in total. The van der Waals surface area contributed by atoms with Gasteiger partial charge in [-0.1, -0.05) is 43.7 Å². The first-order valence-electron chi connectivity index (χ1n) is 4.46. The van der Waals surface area contributed by atoms with Gasteiger partial charge in [0.05, 0.1) is 0 Å². The molecule has 0 aliphatic heterocycles. The lowest BCUT2D eigenvalue weighted by atomic mass is 10.1. The van der Waals surface area contributed by atoms with Crippen molar-refractivity contribution in [3.63, 3.8) is 0 Å². The van der Waals surface area contributed by atoms with Crippen LogP contribution in [0.1, 0.15) is 31.4 Å². The van der Waals surface area contributed by atoms with Gasteiger partial charge in [0.15, 0.2) is 0 Å². The predicted octanol–water partition coefficient (Wildman–Crippen LogP) is 2.61. The fourth-order valence-corrected chi connectivity index (χ4v) is 1.28. The molecule has 1 aromatic rings. The number of hydrogen-bond donors (Lipinski definition) is 0. The van der Waals surface area contributed by atoms with E-state index in [-0.39, 0.29) is 6.10 Å². The molecule has 1 atom stereocenters. The van der Waals surface area contributed by atoms with Crippen LogP contribution in [0.2, 0.25) is 0 Å². The van der Waals surface area contributed by atoms with Gasteiger partial charge in [0.1, 0.15) is 6.10 Å². The van der Waals surface area contributed by atoms with Gasteiger partial charge < -0.3 is 4.74 Å². The summed E-state index contributed by atoms with van der Waals surface area (Å²) in [7, 11) is 0. The molecule has 2 nitrogen and oxygen atoms in total. The third-order valence-corrected chi connectivity index (χ3v) is 1.91. The summed E-state index contributed by atoms with van der Waals surface area (Å²) in [6, 6.07) is 9.73. The highest BCUT2D eigenvalue weighted by Crippen LogP contribution is 2.21. The van der Waals surface area contributed by atoms with Crippen molar-refractivity contribution in [2.45, 2.75) is 25.9 Å². The Bertz CT molecular complexity index is 244. The summed E-state index contributed by atoms with van der Waals surface area (Å²) < 4.78 is 4.86. The fraction of sp³-hybridized carbons (Fsp3) is 0.364. The van der Waals surface area contributed by atoms with Crippen LogP contribution in [0, 0.1) is 0 Å². The Hall–Kier alpha value is -1.31. The Labute approximate surface area is 78.5 Å². The van der Waals surface area contributed by atoms with Gasteiger partial charge in [0.25, 0.3) is 0 Å². The van der Waals surface area contributed by atoms with Gasteiger partial charge in [-0.3, -0.25) is 0 Å². The SMILES string of the molecule is CCCC(O[C]=O)c1ccccc1. The van der Waals surface area contributed by atoms with E-state index in [1.165, 1.54) is 6.47 Å². The van der Waals surface area contributed by atoms with E-state index in [4.69, 9.17) is 4.74 Å². The second-order valence-electron chi connectivity index (χ2n) is 2.89. The van der Waals surface area contributed by atoms with E-state index < -0.39 is 0 Å². The van der Waals surface area contributed by atoms with Crippen molar-refractivity contribution in [1.82, 2.24) is 0 Å². The van der Waals surface area contributed by atoms with Crippen molar-refractivity contribution in [2.24, 2.45) is 0 Å². The maximum Gasteiger partial charge on any atom is 0.418 e. The van der Waals surface area contributed by atoms with Crippen molar-refractivity contribution >= 4 is 6.47 Å². The molecule has 0 spiro atoms. The van der Waals surface area contributed by atoms with Crippen molar-refractivity contribution in [1.29, 1.82) is 0 Å². The minimum absolute atomic E-state index is 0.135. The summed E-state index contributed by atoms with van der Waals surface area (Å²) >= 11 is 0. The van der Waals surface area contributed by atoms with Gasteiger partial charge >= 0.3 is 6.47 Å². The largest absolute Gasteiger partial charge is 0.449 e. The molecule has 0 aliphatic carbocycles. The summed E-state index contributed by atoms with van der Waals surface area (Å²) in [5, 5.41) is 0. The molecule has 1 radical (unpaired) electrons. The fourth-order valence-electron chi connectivity index (χ4n) is 1.28. The zero-order valence-electron chi connectivity index (χ0n) is 7.69. The normalized spacial score (nSPS) is 12.1. The molecule has 1 rings (SSSR count). The highest BCUT2D eigenvalue weighted by atomic mass is 16.5. The Morgan fingerprint density at radius 2 is 2.08 bits per heavy atom. The summed E-state index contributed by atoms with van der Waals surface area (Å²) in [6.07, 6.45) is 1.70. The van der Waals surface area contributed by atoms with Crippen LogP contribution in [0.15, 0.2) is 30.3 Å². The highest BCUT2D eigenvalue weighted by molar-refractivity contribution is 5.39. The van der Waals surface area contributed by atoms with Gasteiger partial charge in [0.2, 0.25) is 0 Å². The molecule has 0 bridgehead atoms. The molecular weight excluding hydrogens is 164 g/mol. The lowest BCUT2D eigenvalue weighted by molar-refractivity contribution is 0.168. The first-order chi connectivity index (χ1) is 6.38. The standard InChI is InChI=1S/C11H13O2/c1-2-6-11(13-9-12)10-7-4-3-5-8-10/h3-5,7-8,11H,2,6H2,1H3. The molecule has 69 valence electrons. The second-order valence-corrected chi connectivity index (χ2v) is 2.89. The van der Waals surface area contributed by atoms with E-state index in [0.717, 1.165) is 18.4 Å². The van der Waals surface area contributed by atoms with Gasteiger partial charge in [0, 0.05) is 0 Å². The van der Waals surface area contributed by atoms with Crippen LogP contribution >= 0.6 is 0 Å². The molecule has 0 aromatic heterocycles. The lowest BCUT2D eigenvalue weighted by Crippen LogP contribution is -2.02. The zero-order valence-corrected chi connectivity index (χ0v) is 7.69. The minimum Gasteiger partial charge on any atom is -0.449 e. The first-order valence-corrected chi connectivity index (χ1v) is 4.46. The summed E-state index contributed by atoms with van der Waals surface area (Å²) in [5.41, 5.74) is 1.03. The molecule has 0 heterocycles. The lowest BCUT2D eigenvalue weighted by Gasteiger charge is -2.13.